The monoisotopic (exact) mass is 357 g/mol. The van der Waals surface area contributed by atoms with E-state index in [4.69, 9.17) is 0 Å². The van der Waals surface area contributed by atoms with Crippen LogP contribution in [-0.4, -0.2) is 31.9 Å². The Morgan fingerprint density at radius 1 is 0.909 bits per heavy atom. The number of benzene rings is 2. The molecule has 1 nitrogen and oxygen atoms in total. The molecule has 2 fully saturated rings. The van der Waals surface area contributed by atoms with Gasteiger partial charge in [0.15, 0.2) is 0 Å². The summed E-state index contributed by atoms with van der Waals surface area (Å²) in [7, 11) is 0. The molecule has 1 aliphatic carbocycles. The van der Waals surface area contributed by atoms with Gasteiger partial charge in [-0.15, -0.1) is 0 Å². The third kappa shape index (κ3) is 3.01. The first-order chi connectivity index (χ1) is 10.9. The third-order valence-electron chi connectivity index (χ3n) is 5.26. The summed E-state index contributed by atoms with van der Waals surface area (Å²) in [6.07, 6.45) is 4.33. The average molecular weight is 356 g/mol. The second-order valence-corrected chi connectivity index (χ2v) is 8.87. The van der Waals surface area contributed by atoms with Crippen LogP contribution < -0.4 is 4.46 Å². The second kappa shape index (κ2) is 6.58. The minimum absolute atomic E-state index is 0.616. The molecular formula is C20H23NSe. The van der Waals surface area contributed by atoms with E-state index in [1.807, 2.05) is 0 Å². The van der Waals surface area contributed by atoms with E-state index in [-0.39, 0.29) is 0 Å². The Bertz CT molecular complexity index is 598. The number of likely N-dealkylation sites (tertiary alicyclic amines) is 1. The maximum absolute atomic E-state index is 2.83. The van der Waals surface area contributed by atoms with Gasteiger partial charge in [0.1, 0.15) is 0 Å². The fourth-order valence-electron chi connectivity index (χ4n) is 4.15. The van der Waals surface area contributed by atoms with E-state index < -0.39 is 0 Å². The van der Waals surface area contributed by atoms with Crippen molar-refractivity contribution >= 4 is 19.4 Å². The van der Waals surface area contributed by atoms with Crippen molar-refractivity contribution in [1.82, 2.24) is 4.90 Å². The quantitative estimate of drug-likeness (QED) is 0.742. The fourth-order valence-corrected chi connectivity index (χ4v) is 6.62. The van der Waals surface area contributed by atoms with E-state index in [0.29, 0.717) is 15.0 Å². The molecule has 0 spiro atoms. The summed E-state index contributed by atoms with van der Waals surface area (Å²) < 4.78 is 1.55. The number of fused-ring (bicyclic) bond motifs is 2. The zero-order valence-electron chi connectivity index (χ0n) is 12.9. The van der Waals surface area contributed by atoms with Crippen LogP contribution in [0, 0.1) is 5.92 Å². The van der Waals surface area contributed by atoms with Crippen molar-refractivity contribution in [1.29, 1.82) is 0 Å². The van der Waals surface area contributed by atoms with Gasteiger partial charge < -0.3 is 0 Å². The number of hydrogen-bond acceptors (Lipinski definition) is 1. The molecule has 2 aromatic carbocycles. The molecule has 0 amide bonds. The van der Waals surface area contributed by atoms with Crippen molar-refractivity contribution in [2.45, 2.75) is 43.2 Å². The summed E-state index contributed by atoms with van der Waals surface area (Å²) in [5, 5.41) is 1.38. The Morgan fingerprint density at radius 2 is 1.64 bits per heavy atom. The van der Waals surface area contributed by atoms with Gasteiger partial charge in [0.2, 0.25) is 0 Å². The summed E-state index contributed by atoms with van der Waals surface area (Å²) in [5.41, 5.74) is 1.48. The van der Waals surface area contributed by atoms with Crippen LogP contribution in [0.1, 0.15) is 24.8 Å². The van der Waals surface area contributed by atoms with Gasteiger partial charge in [0.05, 0.1) is 0 Å². The Hall–Kier alpha value is -1.08. The Balaban J connectivity index is 1.45. The Morgan fingerprint density at radius 3 is 2.41 bits per heavy atom. The molecule has 2 aromatic rings. The van der Waals surface area contributed by atoms with Crippen LogP contribution in [0.15, 0.2) is 60.7 Å². The van der Waals surface area contributed by atoms with Crippen LogP contribution >= 0.6 is 0 Å². The summed E-state index contributed by atoms with van der Waals surface area (Å²) in [4.78, 5) is 2.83. The zero-order chi connectivity index (χ0) is 14.8. The molecule has 1 aliphatic heterocycles. The van der Waals surface area contributed by atoms with Crippen molar-refractivity contribution in [3.05, 3.63) is 66.2 Å². The molecule has 2 bridgehead atoms. The number of hydrogen-bond donors (Lipinski definition) is 0. The molecule has 1 saturated heterocycles. The second-order valence-electron chi connectivity index (χ2n) is 6.58. The molecule has 114 valence electrons. The zero-order valence-corrected chi connectivity index (χ0v) is 14.6. The van der Waals surface area contributed by atoms with Crippen molar-refractivity contribution in [2.24, 2.45) is 5.92 Å². The predicted octanol–water partition coefficient (Wildman–Crippen LogP) is 3.49. The average Bonchev–Trinajstić information content (AvgIpc) is 3.17. The Labute approximate surface area is 139 Å². The number of nitrogens with zero attached hydrogens (tertiary/aromatic N) is 1. The van der Waals surface area contributed by atoms with Gasteiger partial charge in [-0.3, -0.25) is 0 Å². The van der Waals surface area contributed by atoms with Crippen molar-refractivity contribution < 1.29 is 0 Å². The molecule has 0 aromatic heterocycles. The molecule has 3 atom stereocenters. The van der Waals surface area contributed by atoms with Crippen LogP contribution in [0.4, 0.5) is 0 Å². The molecule has 2 heteroatoms. The van der Waals surface area contributed by atoms with Crippen LogP contribution in [0.25, 0.3) is 0 Å². The predicted molar refractivity (Wildman–Crippen MR) is 93.5 cm³/mol. The first kappa shape index (κ1) is 14.5. The standard InChI is InChI=1S/C20H23NSe/c1-3-7-16(8-4-1)14-21-18-12-11-17(13-18)20(21)15-22-19-9-5-2-6-10-19/h1-10,17-18,20H,11-15H2/t17-,18+,20+/m1/s1. The van der Waals surface area contributed by atoms with E-state index in [1.54, 1.807) is 4.46 Å². The molecule has 0 unspecified atom stereocenters. The summed E-state index contributed by atoms with van der Waals surface area (Å²) in [5.74, 6) is 0.958. The van der Waals surface area contributed by atoms with E-state index >= 15 is 0 Å². The van der Waals surface area contributed by atoms with Crippen LogP contribution in [0.3, 0.4) is 0 Å². The van der Waals surface area contributed by atoms with Crippen LogP contribution in [0.2, 0.25) is 5.32 Å². The number of rotatable bonds is 5. The minimum atomic E-state index is 0.616. The molecule has 1 saturated carbocycles. The van der Waals surface area contributed by atoms with Gasteiger partial charge in [-0.25, -0.2) is 0 Å². The molecule has 2 aliphatic rings. The summed E-state index contributed by atoms with van der Waals surface area (Å²) in [6, 6.07) is 23.8. The first-order valence-electron chi connectivity index (χ1n) is 8.37. The molecule has 22 heavy (non-hydrogen) atoms. The normalized spacial score (nSPS) is 27.4. The summed E-state index contributed by atoms with van der Waals surface area (Å²) >= 11 is 0.616. The molecule has 1 heterocycles. The van der Waals surface area contributed by atoms with Crippen molar-refractivity contribution in [3.8, 4) is 0 Å². The van der Waals surface area contributed by atoms with Gasteiger partial charge in [-0.05, 0) is 0 Å². The van der Waals surface area contributed by atoms with E-state index in [9.17, 15) is 0 Å². The van der Waals surface area contributed by atoms with Gasteiger partial charge in [0, 0.05) is 0 Å². The Kier molecular flexibility index (Phi) is 4.34. The van der Waals surface area contributed by atoms with Crippen molar-refractivity contribution in [2.75, 3.05) is 0 Å². The third-order valence-corrected chi connectivity index (χ3v) is 7.59. The van der Waals surface area contributed by atoms with E-state index in [2.05, 4.69) is 65.6 Å². The van der Waals surface area contributed by atoms with Crippen molar-refractivity contribution in [3.63, 3.8) is 0 Å². The molecule has 0 radical (unpaired) electrons. The summed E-state index contributed by atoms with van der Waals surface area (Å²) in [6.45, 7) is 1.15. The van der Waals surface area contributed by atoms with Gasteiger partial charge in [-0.1, -0.05) is 0 Å². The molecule has 4 rings (SSSR count). The fraction of sp³-hybridized carbons (Fsp3) is 0.400. The SMILES string of the molecule is c1ccc(CN2[C@H]3CC[C@H](C3)[C@@H]2C[Se]c2ccccc2)cc1. The molecule has 0 N–H and O–H groups in total. The van der Waals surface area contributed by atoms with Gasteiger partial charge >= 0.3 is 140 Å². The van der Waals surface area contributed by atoms with Crippen LogP contribution in [-0.2, 0) is 6.54 Å². The maximum atomic E-state index is 2.83. The van der Waals surface area contributed by atoms with Gasteiger partial charge in [-0.2, -0.15) is 0 Å². The van der Waals surface area contributed by atoms with Gasteiger partial charge in [0.25, 0.3) is 0 Å². The number of piperidine rings is 1. The topological polar surface area (TPSA) is 3.24 Å². The van der Waals surface area contributed by atoms with E-state index in [0.717, 1.165) is 24.5 Å². The van der Waals surface area contributed by atoms with Crippen LogP contribution in [0.5, 0.6) is 0 Å². The molecular weight excluding hydrogens is 333 g/mol. The first-order valence-corrected chi connectivity index (χ1v) is 10.4. The van der Waals surface area contributed by atoms with E-state index in [1.165, 1.54) is 30.1 Å².